The van der Waals surface area contributed by atoms with Gasteiger partial charge >= 0.3 is 0 Å². The molecule has 0 unspecified atom stereocenters. The summed E-state index contributed by atoms with van der Waals surface area (Å²) in [5.41, 5.74) is 0.922. The van der Waals surface area contributed by atoms with E-state index in [0.29, 0.717) is 5.56 Å². The van der Waals surface area contributed by atoms with Crippen LogP contribution >= 0.6 is 15.9 Å². The molecule has 0 saturated carbocycles. The number of carbonyl (C=O) groups is 2. The van der Waals surface area contributed by atoms with Gasteiger partial charge in [0, 0.05) is 16.1 Å². The molecule has 0 bridgehead atoms. The van der Waals surface area contributed by atoms with Gasteiger partial charge in [-0.3, -0.25) is 14.5 Å². The van der Waals surface area contributed by atoms with E-state index in [0.717, 1.165) is 10.0 Å². The SMILES string of the molecule is C=C(C(=O)NC(C)(C)C)N(Cc1ccccc1Br)C(=O)/C=C/c1cc(OC)c(O)c(OC)c1. The zero-order valence-electron chi connectivity index (χ0n) is 19.4. The van der Waals surface area contributed by atoms with E-state index in [1.54, 1.807) is 18.2 Å². The lowest BCUT2D eigenvalue weighted by molar-refractivity contribution is -0.129. The first-order valence-electron chi connectivity index (χ1n) is 10.2. The van der Waals surface area contributed by atoms with Crippen LogP contribution in [0.3, 0.4) is 0 Å². The molecule has 0 heterocycles. The number of benzene rings is 2. The molecule has 176 valence electrons. The highest BCUT2D eigenvalue weighted by Gasteiger charge is 2.24. The number of aromatic hydroxyl groups is 1. The van der Waals surface area contributed by atoms with Crippen molar-refractivity contribution < 1.29 is 24.2 Å². The average Bonchev–Trinajstić information content (AvgIpc) is 2.75. The van der Waals surface area contributed by atoms with Crippen LogP contribution in [0.4, 0.5) is 0 Å². The molecule has 2 amide bonds. The number of phenolic OH excluding ortho intramolecular Hbond substituents is 1. The first kappa shape index (κ1) is 26.0. The predicted octanol–water partition coefficient (Wildman–Crippen LogP) is 4.64. The first-order valence-corrected chi connectivity index (χ1v) is 11.0. The number of phenols is 1. The summed E-state index contributed by atoms with van der Waals surface area (Å²) < 4.78 is 11.1. The van der Waals surface area contributed by atoms with Gasteiger partial charge in [0.2, 0.25) is 5.75 Å². The maximum atomic E-state index is 13.2. The van der Waals surface area contributed by atoms with Crippen LogP contribution in [-0.4, -0.2) is 41.6 Å². The van der Waals surface area contributed by atoms with E-state index in [4.69, 9.17) is 9.47 Å². The second kappa shape index (κ2) is 11.0. The summed E-state index contributed by atoms with van der Waals surface area (Å²) in [7, 11) is 2.84. The number of nitrogens with zero attached hydrogens (tertiary/aromatic N) is 1. The molecule has 8 heteroatoms. The lowest BCUT2D eigenvalue weighted by Gasteiger charge is -2.27. The van der Waals surface area contributed by atoms with Gasteiger partial charge in [0.25, 0.3) is 11.8 Å². The number of halogens is 1. The molecule has 0 radical (unpaired) electrons. The van der Waals surface area contributed by atoms with E-state index in [1.807, 2.05) is 45.0 Å². The normalized spacial score (nSPS) is 11.2. The van der Waals surface area contributed by atoms with Crippen molar-refractivity contribution in [2.45, 2.75) is 32.9 Å². The molecule has 0 aliphatic heterocycles. The topological polar surface area (TPSA) is 88.1 Å². The Balaban J connectivity index is 2.38. The first-order chi connectivity index (χ1) is 15.5. The Morgan fingerprint density at radius 3 is 2.24 bits per heavy atom. The molecule has 0 saturated heterocycles. The third-order valence-electron chi connectivity index (χ3n) is 4.55. The van der Waals surface area contributed by atoms with Gasteiger partial charge in [-0.15, -0.1) is 0 Å². The lowest BCUT2D eigenvalue weighted by Crippen LogP contribution is -2.45. The van der Waals surface area contributed by atoms with Gasteiger partial charge < -0.3 is 19.9 Å². The fraction of sp³-hybridized carbons (Fsp3) is 0.280. The molecule has 2 aromatic rings. The van der Waals surface area contributed by atoms with Crippen LogP contribution in [0.2, 0.25) is 0 Å². The molecule has 7 nitrogen and oxygen atoms in total. The molecule has 0 atom stereocenters. The molecule has 2 rings (SSSR count). The van der Waals surface area contributed by atoms with Gasteiger partial charge in [0.05, 0.1) is 20.8 Å². The third-order valence-corrected chi connectivity index (χ3v) is 5.32. The smallest absolute Gasteiger partial charge is 0.267 e. The largest absolute Gasteiger partial charge is 0.502 e. The van der Waals surface area contributed by atoms with Crippen molar-refractivity contribution in [1.29, 1.82) is 0 Å². The number of carbonyl (C=O) groups excluding carboxylic acids is 2. The van der Waals surface area contributed by atoms with Crippen molar-refractivity contribution in [2.24, 2.45) is 0 Å². The molecule has 33 heavy (non-hydrogen) atoms. The Morgan fingerprint density at radius 2 is 1.73 bits per heavy atom. The minimum atomic E-state index is -0.489. The zero-order valence-corrected chi connectivity index (χ0v) is 21.0. The van der Waals surface area contributed by atoms with Crippen molar-refractivity contribution in [1.82, 2.24) is 10.2 Å². The summed E-state index contributed by atoms with van der Waals surface area (Å²) in [6.45, 7) is 9.57. The fourth-order valence-electron chi connectivity index (χ4n) is 2.91. The van der Waals surface area contributed by atoms with Gasteiger partial charge in [0.15, 0.2) is 11.5 Å². The van der Waals surface area contributed by atoms with Crippen LogP contribution < -0.4 is 14.8 Å². The number of methoxy groups -OCH3 is 2. The minimum absolute atomic E-state index is 0.0243. The second-order valence-corrected chi connectivity index (χ2v) is 9.13. The number of rotatable bonds is 8. The Bertz CT molecular complexity index is 1050. The number of hydrogen-bond acceptors (Lipinski definition) is 5. The van der Waals surface area contributed by atoms with E-state index < -0.39 is 17.4 Å². The van der Waals surface area contributed by atoms with Crippen molar-refractivity contribution in [2.75, 3.05) is 14.2 Å². The summed E-state index contributed by atoms with van der Waals surface area (Å²) in [6, 6.07) is 10.6. The van der Waals surface area contributed by atoms with Crippen molar-refractivity contribution in [3.05, 3.63) is 70.3 Å². The lowest BCUT2D eigenvalue weighted by atomic mass is 10.1. The van der Waals surface area contributed by atoms with Crippen molar-refractivity contribution in [3.8, 4) is 17.2 Å². The Labute approximate surface area is 202 Å². The highest BCUT2D eigenvalue weighted by atomic mass is 79.9. The van der Waals surface area contributed by atoms with Gasteiger partial charge in [-0.25, -0.2) is 0 Å². The Kier molecular flexibility index (Phi) is 8.70. The van der Waals surface area contributed by atoms with Crippen LogP contribution in [-0.2, 0) is 16.1 Å². The molecule has 0 spiro atoms. The zero-order chi connectivity index (χ0) is 24.8. The van der Waals surface area contributed by atoms with Crippen LogP contribution in [0.25, 0.3) is 6.08 Å². The molecular formula is C25H29BrN2O5. The molecule has 0 aliphatic carbocycles. The monoisotopic (exact) mass is 516 g/mol. The second-order valence-electron chi connectivity index (χ2n) is 8.27. The van der Waals surface area contributed by atoms with E-state index >= 15 is 0 Å². The fourth-order valence-corrected chi connectivity index (χ4v) is 3.32. The van der Waals surface area contributed by atoms with Gasteiger partial charge in [0.1, 0.15) is 5.70 Å². The molecule has 0 aromatic heterocycles. The van der Waals surface area contributed by atoms with E-state index in [1.165, 1.54) is 25.2 Å². The quantitative estimate of drug-likeness (QED) is 0.498. The van der Waals surface area contributed by atoms with Gasteiger partial charge in [-0.1, -0.05) is 40.7 Å². The summed E-state index contributed by atoms with van der Waals surface area (Å²) in [5.74, 6) is -0.595. The highest BCUT2D eigenvalue weighted by molar-refractivity contribution is 9.10. The van der Waals surface area contributed by atoms with Gasteiger partial charge in [-0.2, -0.15) is 0 Å². The number of hydrogen-bond donors (Lipinski definition) is 2. The molecular weight excluding hydrogens is 488 g/mol. The van der Waals surface area contributed by atoms with E-state index in [2.05, 4.69) is 27.8 Å². The summed E-state index contributed by atoms with van der Waals surface area (Å²) in [5, 5.41) is 12.9. The molecule has 2 N–H and O–H groups in total. The Hall–Kier alpha value is -3.26. The van der Waals surface area contributed by atoms with E-state index in [-0.39, 0.29) is 29.5 Å². The third kappa shape index (κ3) is 7.12. The standard InChI is InChI=1S/C25H29BrN2O5/c1-16(24(31)27-25(2,3)4)28(15-18-9-7-8-10-19(18)26)22(29)12-11-17-13-20(32-5)23(30)21(14-17)33-6/h7-14,30H,1,15H2,2-6H3,(H,27,31)/b12-11+. The van der Waals surface area contributed by atoms with Crippen LogP contribution in [0, 0.1) is 0 Å². The summed E-state index contributed by atoms with van der Waals surface area (Å²) >= 11 is 3.49. The van der Waals surface area contributed by atoms with Crippen LogP contribution in [0.1, 0.15) is 31.9 Å². The number of amides is 2. The maximum Gasteiger partial charge on any atom is 0.267 e. The Morgan fingerprint density at radius 1 is 1.15 bits per heavy atom. The van der Waals surface area contributed by atoms with Crippen molar-refractivity contribution >= 4 is 33.8 Å². The summed E-state index contributed by atoms with van der Waals surface area (Å²) in [6.07, 6.45) is 2.88. The van der Waals surface area contributed by atoms with Crippen LogP contribution in [0.5, 0.6) is 17.2 Å². The molecule has 0 fully saturated rings. The maximum absolute atomic E-state index is 13.2. The highest BCUT2D eigenvalue weighted by Crippen LogP contribution is 2.37. The predicted molar refractivity (Wildman–Crippen MR) is 132 cm³/mol. The molecule has 0 aliphatic rings. The van der Waals surface area contributed by atoms with Crippen molar-refractivity contribution in [3.63, 3.8) is 0 Å². The van der Waals surface area contributed by atoms with E-state index in [9.17, 15) is 14.7 Å². The molecule has 2 aromatic carbocycles. The summed E-state index contributed by atoms with van der Waals surface area (Å²) in [4.78, 5) is 27.3. The van der Waals surface area contributed by atoms with Crippen LogP contribution in [0.15, 0.2) is 59.2 Å². The number of nitrogens with one attached hydrogen (secondary N) is 1. The number of ether oxygens (including phenoxy) is 2. The average molecular weight is 517 g/mol. The minimum Gasteiger partial charge on any atom is -0.502 e. The van der Waals surface area contributed by atoms with Gasteiger partial charge in [-0.05, 0) is 56.2 Å².